The third-order valence-corrected chi connectivity index (χ3v) is 6.05. The molecule has 1 unspecified atom stereocenters. The van der Waals surface area contributed by atoms with Crippen LogP contribution in [0.4, 0.5) is 0 Å². The normalized spacial score (nSPS) is 16.2. The molecule has 1 N–H and O–H groups in total. The summed E-state index contributed by atoms with van der Waals surface area (Å²) >= 11 is 0. The van der Waals surface area contributed by atoms with Crippen LogP contribution in [0, 0.1) is 0 Å². The van der Waals surface area contributed by atoms with Crippen LogP contribution in [-0.4, -0.2) is 74.6 Å². The Labute approximate surface area is 185 Å². The second kappa shape index (κ2) is 17.5. The van der Waals surface area contributed by atoms with Crippen LogP contribution in [0.15, 0.2) is 0 Å². The van der Waals surface area contributed by atoms with E-state index in [4.69, 9.17) is 4.74 Å². The average molecular weight is 426 g/mol. The summed E-state index contributed by atoms with van der Waals surface area (Å²) < 4.78 is 5.51. The standard InChI is InChI=1S/C24H47N3O3/c1-4-5-6-7-8-9-10-11-12-13-16-23(28)27-18-14-15-22(27)24(29)26(3)19-21-30-20-17-25-2/h22,25H,4-21H2,1-3H3. The number of hydrogen-bond acceptors (Lipinski definition) is 4. The Morgan fingerprint density at radius 1 is 1.00 bits per heavy atom. The van der Waals surface area contributed by atoms with Crippen LogP contribution in [0.25, 0.3) is 0 Å². The maximum Gasteiger partial charge on any atom is 0.245 e. The van der Waals surface area contributed by atoms with Gasteiger partial charge in [-0.2, -0.15) is 0 Å². The maximum atomic E-state index is 12.8. The fourth-order valence-corrected chi connectivity index (χ4v) is 4.07. The lowest BCUT2D eigenvalue weighted by molar-refractivity contribution is -0.143. The van der Waals surface area contributed by atoms with Gasteiger partial charge in [0.1, 0.15) is 6.04 Å². The molecule has 1 heterocycles. The van der Waals surface area contributed by atoms with Crippen LogP contribution < -0.4 is 5.32 Å². The highest BCUT2D eigenvalue weighted by Gasteiger charge is 2.35. The topological polar surface area (TPSA) is 61.9 Å². The van der Waals surface area contributed by atoms with Crippen LogP contribution in [0.1, 0.15) is 90.4 Å². The molecule has 0 radical (unpaired) electrons. The van der Waals surface area contributed by atoms with Gasteiger partial charge >= 0.3 is 0 Å². The minimum absolute atomic E-state index is 0.0566. The zero-order valence-corrected chi connectivity index (χ0v) is 19.9. The summed E-state index contributed by atoms with van der Waals surface area (Å²) in [6, 6.07) is -0.275. The molecular formula is C24H47N3O3. The molecule has 2 amide bonds. The molecule has 0 aromatic rings. The van der Waals surface area contributed by atoms with E-state index in [1.165, 1.54) is 51.4 Å². The quantitative estimate of drug-likeness (QED) is 0.337. The van der Waals surface area contributed by atoms with Crippen LogP contribution in [0.5, 0.6) is 0 Å². The third kappa shape index (κ3) is 11.3. The van der Waals surface area contributed by atoms with E-state index < -0.39 is 0 Å². The number of likely N-dealkylation sites (tertiary alicyclic amines) is 1. The number of ether oxygens (including phenoxy) is 1. The van der Waals surface area contributed by atoms with E-state index in [0.717, 1.165) is 38.8 Å². The lowest BCUT2D eigenvalue weighted by Gasteiger charge is -2.28. The number of rotatable bonds is 18. The van der Waals surface area contributed by atoms with Gasteiger partial charge in [-0.15, -0.1) is 0 Å². The van der Waals surface area contributed by atoms with Gasteiger partial charge < -0.3 is 19.9 Å². The highest BCUT2D eigenvalue weighted by Crippen LogP contribution is 2.21. The lowest BCUT2D eigenvalue weighted by Crippen LogP contribution is -2.47. The van der Waals surface area contributed by atoms with Crippen molar-refractivity contribution in [2.24, 2.45) is 0 Å². The van der Waals surface area contributed by atoms with E-state index in [-0.39, 0.29) is 17.9 Å². The van der Waals surface area contributed by atoms with Crippen molar-refractivity contribution >= 4 is 11.8 Å². The fourth-order valence-electron chi connectivity index (χ4n) is 4.07. The van der Waals surface area contributed by atoms with E-state index in [1.54, 1.807) is 4.90 Å². The predicted octanol–water partition coefficient (Wildman–Crippen LogP) is 3.98. The number of nitrogens with one attached hydrogen (secondary N) is 1. The molecule has 1 rings (SSSR count). The number of carbonyl (C=O) groups excluding carboxylic acids is 2. The zero-order chi connectivity index (χ0) is 22.0. The number of unbranched alkanes of at least 4 members (excludes halogenated alkanes) is 9. The highest BCUT2D eigenvalue weighted by molar-refractivity contribution is 5.88. The Bertz CT molecular complexity index is 459. The minimum Gasteiger partial charge on any atom is -0.378 e. The summed E-state index contributed by atoms with van der Waals surface area (Å²) in [6.45, 7) is 5.53. The Morgan fingerprint density at radius 2 is 1.63 bits per heavy atom. The fraction of sp³-hybridized carbons (Fsp3) is 0.917. The predicted molar refractivity (Wildman–Crippen MR) is 124 cm³/mol. The van der Waals surface area contributed by atoms with Gasteiger partial charge in [0.2, 0.25) is 11.8 Å². The highest BCUT2D eigenvalue weighted by atomic mass is 16.5. The Balaban J connectivity index is 2.18. The van der Waals surface area contributed by atoms with Crippen molar-refractivity contribution in [1.82, 2.24) is 15.1 Å². The van der Waals surface area contributed by atoms with Gasteiger partial charge in [-0.05, 0) is 26.3 Å². The molecule has 6 heteroatoms. The molecule has 0 bridgehead atoms. The first-order chi connectivity index (χ1) is 14.6. The average Bonchev–Trinajstić information content (AvgIpc) is 3.24. The van der Waals surface area contributed by atoms with Crippen molar-refractivity contribution in [1.29, 1.82) is 0 Å². The molecule has 1 aliphatic rings. The van der Waals surface area contributed by atoms with E-state index >= 15 is 0 Å². The number of amides is 2. The van der Waals surface area contributed by atoms with Crippen molar-refractivity contribution in [2.75, 3.05) is 46.9 Å². The molecule has 1 aliphatic heterocycles. The van der Waals surface area contributed by atoms with Crippen LogP contribution in [0.2, 0.25) is 0 Å². The summed E-state index contributed by atoms with van der Waals surface area (Å²) in [5.74, 6) is 0.213. The molecule has 0 aromatic carbocycles. The van der Waals surface area contributed by atoms with Crippen molar-refractivity contribution in [3.05, 3.63) is 0 Å². The summed E-state index contributed by atoms with van der Waals surface area (Å²) in [5.41, 5.74) is 0. The van der Waals surface area contributed by atoms with Gasteiger partial charge in [-0.25, -0.2) is 0 Å². The smallest absolute Gasteiger partial charge is 0.245 e. The Hall–Kier alpha value is -1.14. The van der Waals surface area contributed by atoms with E-state index in [0.29, 0.717) is 26.2 Å². The lowest BCUT2D eigenvalue weighted by atomic mass is 10.1. The van der Waals surface area contributed by atoms with Gasteiger partial charge in [0, 0.05) is 33.1 Å². The number of carbonyl (C=O) groups is 2. The van der Waals surface area contributed by atoms with Crippen LogP contribution in [0.3, 0.4) is 0 Å². The first-order valence-electron chi connectivity index (χ1n) is 12.4. The first-order valence-corrected chi connectivity index (χ1v) is 12.4. The molecular weight excluding hydrogens is 378 g/mol. The number of hydrogen-bond donors (Lipinski definition) is 1. The zero-order valence-electron chi connectivity index (χ0n) is 19.9. The summed E-state index contributed by atoms with van der Waals surface area (Å²) in [7, 11) is 3.70. The Kier molecular flexibility index (Phi) is 15.7. The van der Waals surface area contributed by atoms with Gasteiger partial charge in [-0.3, -0.25) is 9.59 Å². The van der Waals surface area contributed by atoms with Gasteiger partial charge in [-0.1, -0.05) is 64.7 Å². The molecule has 176 valence electrons. The first kappa shape index (κ1) is 26.9. The second-order valence-corrected chi connectivity index (χ2v) is 8.65. The van der Waals surface area contributed by atoms with Crippen molar-refractivity contribution in [3.63, 3.8) is 0 Å². The van der Waals surface area contributed by atoms with Crippen molar-refractivity contribution in [3.8, 4) is 0 Å². The van der Waals surface area contributed by atoms with E-state index in [1.807, 2.05) is 19.0 Å². The molecule has 0 aromatic heterocycles. The summed E-state index contributed by atoms with van der Waals surface area (Å²) in [4.78, 5) is 29.0. The van der Waals surface area contributed by atoms with Crippen LogP contribution in [-0.2, 0) is 14.3 Å². The maximum absolute atomic E-state index is 12.8. The number of nitrogens with zero attached hydrogens (tertiary/aromatic N) is 2. The monoisotopic (exact) mass is 425 g/mol. The molecule has 1 fully saturated rings. The minimum atomic E-state index is -0.275. The molecule has 0 saturated carbocycles. The van der Waals surface area contributed by atoms with Gasteiger partial charge in [0.25, 0.3) is 0 Å². The van der Waals surface area contributed by atoms with Crippen molar-refractivity contribution < 1.29 is 14.3 Å². The summed E-state index contributed by atoms with van der Waals surface area (Å²) in [5, 5.41) is 3.03. The van der Waals surface area contributed by atoms with Gasteiger partial charge in [0.15, 0.2) is 0 Å². The molecule has 6 nitrogen and oxygen atoms in total. The van der Waals surface area contributed by atoms with E-state index in [2.05, 4.69) is 12.2 Å². The van der Waals surface area contributed by atoms with Crippen molar-refractivity contribution in [2.45, 2.75) is 96.4 Å². The second-order valence-electron chi connectivity index (χ2n) is 8.65. The third-order valence-electron chi connectivity index (χ3n) is 6.05. The molecule has 30 heavy (non-hydrogen) atoms. The SMILES string of the molecule is CCCCCCCCCCCCC(=O)N1CCCC1C(=O)N(C)CCOCCNC. The Morgan fingerprint density at radius 3 is 2.27 bits per heavy atom. The largest absolute Gasteiger partial charge is 0.378 e. The van der Waals surface area contributed by atoms with Gasteiger partial charge in [0.05, 0.1) is 13.2 Å². The van der Waals surface area contributed by atoms with Crippen LogP contribution >= 0.6 is 0 Å². The molecule has 0 spiro atoms. The number of likely N-dealkylation sites (N-methyl/N-ethyl adjacent to an activating group) is 2. The molecule has 1 atom stereocenters. The van der Waals surface area contributed by atoms with E-state index in [9.17, 15) is 9.59 Å². The molecule has 1 saturated heterocycles. The molecule has 0 aliphatic carbocycles. The summed E-state index contributed by atoms with van der Waals surface area (Å²) in [6.07, 6.45) is 14.9.